The summed E-state index contributed by atoms with van der Waals surface area (Å²) in [6.07, 6.45) is 0.801. The van der Waals surface area contributed by atoms with Crippen molar-refractivity contribution in [1.82, 2.24) is 4.90 Å². The van der Waals surface area contributed by atoms with Gasteiger partial charge in [0.2, 0.25) is 0 Å². The minimum absolute atomic E-state index is 0.0350. The molecule has 0 spiro atoms. The minimum Gasteiger partial charge on any atom is -0.399 e. The summed E-state index contributed by atoms with van der Waals surface area (Å²) in [6, 6.07) is 10.1. The Morgan fingerprint density at radius 3 is 2.86 bits per heavy atom. The van der Waals surface area contributed by atoms with Gasteiger partial charge in [-0.25, -0.2) is 4.39 Å². The van der Waals surface area contributed by atoms with Gasteiger partial charge >= 0.3 is 0 Å². The van der Waals surface area contributed by atoms with Crippen LogP contribution in [0, 0.1) is 12.7 Å². The fourth-order valence-electron chi connectivity index (χ4n) is 2.71. The van der Waals surface area contributed by atoms with E-state index in [4.69, 9.17) is 5.73 Å². The molecule has 2 N–H and O–H groups in total. The highest BCUT2D eigenvalue weighted by Crippen LogP contribution is 2.23. The van der Waals surface area contributed by atoms with Gasteiger partial charge in [0, 0.05) is 24.3 Å². The normalized spacial score (nSPS) is 14.2. The molecule has 3 nitrogen and oxygen atoms in total. The molecule has 0 aromatic heterocycles. The average Bonchev–Trinajstić information content (AvgIpc) is 2.46. The number of carbonyl (C=O) groups excluding carboxylic acids is 1. The third-order valence-corrected chi connectivity index (χ3v) is 3.97. The molecule has 0 unspecified atom stereocenters. The number of carbonyl (C=O) groups is 1. The highest BCUT2D eigenvalue weighted by molar-refractivity contribution is 5.97. The average molecular weight is 284 g/mol. The SMILES string of the molecule is Cc1ccc(F)cc1CN1CCc2ccc(N)cc2C1=O. The van der Waals surface area contributed by atoms with Crippen molar-refractivity contribution in [3.05, 3.63) is 64.5 Å². The molecule has 0 bridgehead atoms. The summed E-state index contributed by atoms with van der Waals surface area (Å²) >= 11 is 0. The standard InChI is InChI=1S/C17H17FN2O/c1-11-2-4-14(18)8-13(11)10-20-7-6-12-3-5-15(19)9-16(12)17(20)21/h2-5,8-9H,6-7,10,19H2,1H3. The van der Waals surface area contributed by atoms with Gasteiger partial charge in [-0.15, -0.1) is 0 Å². The lowest BCUT2D eigenvalue weighted by atomic mass is 9.97. The monoisotopic (exact) mass is 284 g/mol. The molecule has 0 radical (unpaired) electrons. The first-order valence-electron chi connectivity index (χ1n) is 6.97. The van der Waals surface area contributed by atoms with Gasteiger partial charge in [-0.05, 0) is 54.3 Å². The van der Waals surface area contributed by atoms with Crippen molar-refractivity contribution in [2.45, 2.75) is 19.9 Å². The second-order valence-corrected chi connectivity index (χ2v) is 5.46. The van der Waals surface area contributed by atoms with Gasteiger partial charge in [0.1, 0.15) is 5.82 Å². The zero-order valence-electron chi connectivity index (χ0n) is 11.9. The summed E-state index contributed by atoms with van der Waals surface area (Å²) in [5.41, 5.74) is 9.88. The number of amides is 1. The predicted octanol–water partition coefficient (Wildman–Crippen LogP) is 2.91. The molecule has 3 rings (SSSR count). The van der Waals surface area contributed by atoms with Crippen LogP contribution in [0.4, 0.5) is 10.1 Å². The number of rotatable bonds is 2. The van der Waals surface area contributed by atoms with E-state index in [1.165, 1.54) is 12.1 Å². The summed E-state index contributed by atoms with van der Waals surface area (Å²) in [4.78, 5) is 14.3. The number of nitrogens with two attached hydrogens (primary N) is 1. The third-order valence-electron chi connectivity index (χ3n) is 3.97. The predicted molar refractivity (Wildman–Crippen MR) is 80.4 cm³/mol. The van der Waals surface area contributed by atoms with Gasteiger partial charge in [-0.3, -0.25) is 4.79 Å². The summed E-state index contributed by atoms with van der Waals surface area (Å²) < 4.78 is 13.4. The lowest BCUT2D eigenvalue weighted by Crippen LogP contribution is -2.37. The number of fused-ring (bicyclic) bond motifs is 1. The van der Waals surface area contributed by atoms with E-state index in [-0.39, 0.29) is 11.7 Å². The van der Waals surface area contributed by atoms with Gasteiger partial charge in [0.25, 0.3) is 5.91 Å². The van der Waals surface area contributed by atoms with Gasteiger partial charge in [-0.2, -0.15) is 0 Å². The molecular weight excluding hydrogens is 267 g/mol. The number of aryl methyl sites for hydroxylation is 1. The van der Waals surface area contributed by atoms with E-state index in [0.717, 1.165) is 23.1 Å². The molecule has 108 valence electrons. The molecule has 0 atom stereocenters. The van der Waals surface area contributed by atoms with Crippen LogP contribution < -0.4 is 5.73 Å². The van der Waals surface area contributed by atoms with Crippen molar-refractivity contribution in [1.29, 1.82) is 0 Å². The van der Waals surface area contributed by atoms with E-state index in [1.807, 2.05) is 19.1 Å². The first-order chi connectivity index (χ1) is 10.0. The number of anilines is 1. The Morgan fingerprint density at radius 2 is 2.05 bits per heavy atom. The van der Waals surface area contributed by atoms with Crippen LogP contribution in [0.15, 0.2) is 36.4 Å². The van der Waals surface area contributed by atoms with Crippen molar-refractivity contribution in [3.8, 4) is 0 Å². The first kappa shape index (κ1) is 13.6. The molecule has 2 aromatic rings. The van der Waals surface area contributed by atoms with E-state index >= 15 is 0 Å². The van der Waals surface area contributed by atoms with E-state index < -0.39 is 0 Å². The van der Waals surface area contributed by atoms with Crippen LogP contribution in [-0.2, 0) is 13.0 Å². The molecule has 4 heteroatoms. The highest BCUT2D eigenvalue weighted by atomic mass is 19.1. The van der Waals surface area contributed by atoms with Crippen LogP contribution in [-0.4, -0.2) is 17.4 Å². The fourth-order valence-corrected chi connectivity index (χ4v) is 2.71. The molecule has 21 heavy (non-hydrogen) atoms. The molecule has 0 saturated heterocycles. The summed E-state index contributed by atoms with van der Waals surface area (Å²) in [6.45, 7) is 3.00. The van der Waals surface area contributed by atoms with Crippen LogP contribution in [0.2, 0.25) is 0 Å². The Labute approximate surface area is 123 Å². The molecule has 1 amide bonds. The first-order valence-corrected chi connectivity index (χ1v) is 6.97. The summed E-state index contributed by atoms with van der Waals surface area (Å²) in [7, 11) is 0. The second-order valence-electron chi connectivity index (χ2n) is 5.46. The number of hydrogen-bond donors (Lipinski definition) is 1. The molecule has 1 heterocycles. The quantitative estimate of drug-likeness (QED) is 0.862. The topological polar surface area (TPSA) is 46.3 Å². The van der Waals surface area contributed by atoms with Gasteiger partial charge in [0.05, 0.1) is 0 Å². The molecular formula is C17H17FN2O. The van der Waals surface area contributed by atoms with E-state index in [1.54, 1.807) is 17.0 Å². The van der Waals surface area contributed by atoms with Crippen molar-refractivity contribution in [2.24, 2.45) is 0 Å². The smallest absolute Gasteiger partial charge is 0.254 e. The highest BCUT2D eigenvalue weighted by Gasteiger charge is 2.24. The second kappa shape index (κ2) is 5.20. The van der Waals surface area contributed by atoms with Crippen LogP contribution in [0.25, 0.3) is 0 Å². The zero-order valence-corrected chi connectivity index (χ0v) is 11.9. The van der Waals surface area contributed by atoms with E-state index in [0.29, 0.717) is 24.3 Å². The Kier molecular flexibility index (Phi) is 3.37. The van der Waals surface area contributed by atoms with Crippen molar-refractivity contribution in [3.63, 3.8) is 0 Å². The zero-order chi connectivity index (χ0) is 15.0. The lowest BCUT2D eigenvalue weighted by molar-refractivity contribution is 0.0726. The summed E-state index contributed by atoms with van der Waals surface area (Å²) in [5, 5.41) is 0. The fraction of sp³-hybridized carbons (Fsp3) is 0.235. The Hall–Kier alpha value is -2.36. The van der Waals surface area contributed by atoms with Crippen molar-refractivity contribution < 1.29 is 9.18 Å². The Balaban J connectivity index is 1.88. The Bertz CT molecular complexity index is 712. The Morgan fingerprint density at radius 1 is 1.24 bits per heavy atom. The maximum absolute atomic E-state index is 13.4. The molecule has 0 fully saturated rings. The number of nitrogens with zero attached hydrogens (tertiary/aromatic N) is 1. The molecule has 0 aliphatic carbocycles. The number of hydrogen-bond acceptors (Lipinski definition) is 2. The third kappa shape index (κ3) is 2.61. The van der Waals surface area contributed by atoms with Crippen LogP contribution in [0.1, 0.15) is 27.0 Å². The number of nitrogen functional groups attached to an aromatic ring is 1. The summed E-state index contributed by atoms with van der Waals surface area (Å²) in [5.74, 6) is -0.308. The van der Waals surface area contributed by atoms with Crippen molar-refractivity contribution >= 4 is 11.6 Å². The molecule has 1 aliphatic heterocycles. The number of halogens is 1. The lowest BCUT2D eigenvalue weighted by Gasteiger charge is -2.29. The van der Waals surface area contributed by atoms with E-state index in [2.05, 4.69) is 0 Å². The maximum Gasteiger partial charge on any atom is 0.254 e. The van der Waals surface area contributed by atoms with Gasteiger partial charge in [0.15, 0.2) is 0 Å². The maximum atomic E-state index is 13.4. The molecule has 1 aliphatic rings. The minimum atomic E-state index is -0.273. The van der Waals surface area contributed by atoms with Crippen LogP contribution in [0.3, 0.4) is 0 Å². The van der Waals surface area contributed by atoms with Gasteiger partial charge < -0.3 is 10.6 Å². The van der Waals surface area contributed by atoms with Crippen molar-refractivity contribution in [2.75, 3.05) is 12.3 Å². The number of benzene rings is 2. The van der Waals surface area contributed by atoms with Crippen LogP contribution >= 0.6 is 0 Å². The van der Waals surface area contributed by atoms with E-state index in [9.17, 15) is 9.18 Å². The molecule has 0 saturated carbocycles. The van der Waals surface area contributed by atoms with Gasteiger partial charge in [-0.1, -0.05) is 12.1 Å². The molecule has 2 aromatic carbocycles. The van der Waals surface area contributed by atoms with Crippen LogP contribution in [0.5, 0.6) is 0 Å². The largest absolute Gasteiger partial charge is 0.399 e.